The second kappa shape index (κ2) is 12.6. The molecule has 43 heavy (non-hydrogen) atoms. The van der Waals surface area contributed by atoms with Gasteiger partial charge in [-0.2, -0.15) is 0 Å². The van der Waals surface area contributed by atoms with E-state index in [2.05, 4.69) is 70.7 Å². The molecule has 0 aliphatic heterocycles. The second-order valence-electron chi connectivity index (χ2n) is 10.5. The Morgan fingerprint density at radius 2 is 1.74 bits per heavy atom. The summed E-state index contributed by atoms with van der Waals surface area (Å²) in [4.78, 5) is 10.7. The van der Waals surface area contributed by atoms with Crippen LogP contribution in [0.2, 0.25) is 0 Å². The molecule has 0 saturated carbocycles. The standard InChI is InChI=1S/C32H30F3N5OS2/c1-20(2)27-15-5-21(3)17-28(27)40-22(4)18-43-31(40)37-29(42)16-8-23-6-9-24(10-7-23)30-36-19-39(38-30)25-11-13-26(14-12-25)41-32(33,34)35/h5-7,9-15,17-20H,8,16H2,1-4H3. The fourth-order valence-corrected chi connectivity index (χ4v) is 5.79. The molecule has 0 amide bonds. The first kappa shape index (κ1) is 30.4. The lowest BCUT2D eigenvalue weighted by molar-refractivity contribution is -0.274. The van der Waals surface area contributed by atoms with Gasteiger partial charge in [0.05, 0.1) is 11.4 Å². The number of aryl methyl sites for hydroxylation is 3. The van der Waals surface area contributed by atoms with Crippen LogP contribution in [0.1, 0.15) is 48.6 Å². The topological polar surface area (TPSA) is 57.2 Å². The van der Waals surface area contributed by atoms with Crippen molar-refractivity contribution in [2.24, 2.45) is 4.99 Å². The summed E-state index contributed by atoms with van der Waals surface area (Å²) in [6, 6.07) is 19.9. The fourth-order valence-electron chi connectivity index (χ4n) is 4.65. The van der Waals surface area contributed by atoms with Crippen LogP contribution < -0.4 is 9.54 Å². The number of nitrogens with zero attached hydrogens (tertiary/aromatic N) is 5. The lowest BCUT2D eigenvalue weighted by Gasteiger charge is -2.16. The Balaban J connectivity index is 1.25. The van der Waals surface area contributed by atoms with Crippen LogP contribution in [-0.2, 0) is 6.42 Å². The SMILES string of the molecule is Cc1ccc(C(C)C)c(-n2c(C)csc2=NC(=S)CCc2ccc(-c3ncn(-c4ccc(OC(F)(F)F)cc4)n3)cc2)c1. The lowest BCUT2D eigenvalue weighted by Crippen LogP contribution is -2.18. The number of hydrogen-bond donors (Lipinski definition) is 0. The maximum atomic E-state index is 12.4. The highest BCUT2D eigenvalue weighted by Crippen LogP contribution is 2.26. The molecule has 5 aromatic rings. The second-order valence-corrected chi connectivity index (χ2v) is 11.8. The van der Waals surface area contributed by atoms with Crippen LogP contribution in [0.15, 0.2) is 83.4 Å². The van der Waals surface area contributed by atoms with Gasteiger partial charge in [0.25, 0.3) is 0 Å². The van der Waals surface area contributed by atoms with Crippen LogP contribution in [0.4, 0.5) is 13.2 Å². The summed E-state index contributed by atoms with van der Waals surface area (Å²) in [6.07, 6.45) is -1.85. The highest BCUT2D eigenvalue weighted by Gasteiger charge is 2.31. The van der Waals surface area contributed by atoms with E-state index in [1.807, 2.05) is 24.3 Å². The average molecular weight is 622 g/mol. The Morgan fingerprint density at radius 3 is 2.42 bits per heavy atom. The van der Waals surface area contributed by atoms with Crippen molar-refractivity contribution in [3.05, 3.63) is 106 Å². The van der Waals surface area contributed by atoms with Crippen molar-refractivity contribution in [1.29, 1.82) is 0 Å². The maximum Gasteiger partial charge on any atom is 0.573 e. The van der Waals surface area contributed by atoms with E-state index in [1.54, 1.807) is 11.3 Å². The normalized spacial score (nSPS) is 12.2. The van der Waals surface area contributed by atoms with Crippen LogP contribution in [-0.4, -0.2) is 30.7 Å². The van der Waals surface area contributed by atoms with Crippen molar-refractivity contribution >= 4 is 28.5 Å². The van der Waals surface area contributed by atoms with Crippen LogP contribution in [0.3, 0.4) is 0 Å². The minimum atomic E-state index is -4.74. The third-order valence-electron chi connectivity index (χ3n) is 6.81. The van der Waals surface area contributed by atoms with Crippen molar-refractivity contribution in [3.63, 3.8) is 0 Å². The molecule has 6 nitrogen and oxygen atoms in total. The minimum Gasteiger partial charge on any atom is -0.406 e. The van der Waals surface area contributed by atoms with Gasteiger partial charge in [-0.15, -0.1) is 29.6 Å². The molecule has 0 aliphatic carbocycles. The number of halogens is 3. The van der Waals surface area contributed by atoms with Gasteiger partial charge in [-0.1, -0.05) is 62.5 Å². The molecule has 0 spiro atoms. The summed E-state index contributed by atoms with van der Waals surface area (Å²) < 4.78 is 44.9. The van der Waals surface area contributed by atoms with Crippen molar-refractivity contribution in [2.75, 3.05) is 0 Å². The number of ether oxygens (including phenoxy) is 1. The quantitative estimate of drug-likeness (QED) is 0.164. The Bertz CT molecular complexity index is 1800. The van der Waals surface area contributed by atoms with Gasteiger partial charge in [-0.05, 0) is 73.2 Å². The minimum absolute atomic E-state index is 0.296. The largest absolute Gasteiger partial charge is 0.573 e. The summed E-state index contributed by atoms with van der Waals surface area (Å²) in [7, 11) is 0. The fraction of sp³-hybridized carbons (Fsp3) is 0.250. The molecule has 0 unspecified atom stereocenters. The lowest BCUT2D eigenvalue weighted by atomic mass is 9.99. The van der Waals surface area contributed by atoms with Crippen molar-refractivity contribution in [1.82, 2.24) is 19.3 Å². The predicted molar refractivity (Wildman–Crippen MR) is 167 cm³/mol. The molecule has 222 valence electrons. The summed E-state index contributed by atoms with van der Waals surface area (Å²) >= 11 is 7.28. The van der Waals surface area contributed by atoms with Crippen LogP contribution in [0.25, 0.3) is 22.8 Å². The van der Waals surface area contributed by atoms with E-state index in [1.165, 1.54) is 46.4 Å². The summed E-state index contributed by atoms with van der Waals surface area (Å²) in [5.41, 5.74) is 7.23. The monoisotopic (exact) mass is 621 g/mol. The molecule has 11 heteroatoms. The molecule has 0 radical (unpaired) electrons. The molecular weight excluding hydrogens is 592 g/mol. The van der Waals surface area contributed by atoms with E-state index in [0.717, 1.165) is 33.7 Å². The molecule has 0 N–H and O–H groups in total. The molecule has 3 aromatic carbocycles. The molecule has 5 rings (SSSR count). The number of alkyl halides is 3. The highest BCUT2D eigenvalue weighted by atomic mass is 32.1. The Kier molecular flexibility index (Phi) is 8.93. The van der Waals surface area contributed by atoms with Gasteiger partial charge in [0.2, 0.25) is 0 Å². The number of rotatable bonds is 8. The van der Waals surface area contributed by atoms with E-state index in [4.69, 9.17) is 17.2 Å². The van der Waals surface area contributed by atoms with Crippen molar-refractivity contribution < 1.29 is 17.9 Å². The predicted octanol–water partition coefficient (Wildman–Crippen LogP) is 8.29. The third-order valence-corrected chi connectivity index (χ3v) is 8.05. The molecule has 0 aliphatic rings. The zero-order chi connectivity index (χ0) is 30.7. The molecule has 0 saturated heterocycles. The Hall–Kier alpha value is -4.09. The first-order chi connectivity index (χ1) is 20.5. The van der Waals surface area contributed by atoms with Crippen molar-refractivity contribution in [3.8, 4) is 28.5 Å². The first-order valence-electron chi connectivity index (χ1n) is 13.7. The van der Waals surface area contributed by atoms with Gasteiger partial charge in [0.1, 0.15) is 17.1 Å². The molecule has 0 fully saturated rings. The molecule has 2 aromatic heterocycles. The van der Waals surface area contributed by atoms with Crippen molar-refractivity contribution in [2.45, 2.75) is 52.8 Å². The summed E-state index contributed by atoms with van der Waals surface area (Å²) in [6.45, 7) is 8.59. The molecule has 0 bridgehead atoms. The van der Waals surface area contributed by atoms with E-state index in [-0.39, 0.29) is 5.75 Å². The number of thiocarbonyl (C=S) groups is 1. The molecule has 0 atom stereocenters. The molecule has 2 heterocycles. The Morgan fingerprint density at radius 1 is 1.02 bits per heavy atom. The maximum absolute atomic E-state index is 12.4. The summed E-state index contributed by atoms with van der Waals surface area (Å²) in [5, 5.41) is 6.58. The van der Waals surface area contributed by atoms with Crippen LogP contribution in [0.5, 0.6) is 5.75 Å². The number of aromatic nitrogens is 4. The number of hydrogen-bond acceptors (Lipinski definition) is 5. The smallest absolute Gasteiger partial charge is 0.406 e. The van der Waals surface area contributed by atoms with Crippen LogP contribution >= 0.6 is 23.6 Å². The van der Waals surface area contributed by atoms with Gasteiger partial charge in [0, 0.05) is 23.1 Å². The third kappa shape index (κ3) is 7.47. The van der Waals surface area contributed by atoms with E-state index < -0.39 is 6.36 Å². The van der Waals surface area contributed by atoms with E-state index in [9.17, 15) is 13.2 Å². The van der Waals surface area contributed by atoms with E-state index >= 15 is 0 Å². The number of thiazole rings is 1. The molecular formula is C32H30F3N5OS2. The van der Waals surface area contributed by atoms with Gasteiger partial charge in [0.15, 0.2) is 10.6 Å². The average Bonchev–Trinajstić information content (AvgIpc) is 3.58. The highest BCUT2D eigenvalue weighted by molar-refractivity contribution is 7.80. The van der Waals surface area contributed by atoms with Gasteiger partial charge >= 0.3 is 6.36 Å². The van der Waals surface area contributed by atoms with Gasteiger partial charge < -0.3 is 4.74 Å². The van der Waals surface area contributed by atoms with Gasteiger partial charge in [-0.25, -0.2) is 14.7 Å². The first-order valence-corrected chi connectivity index (χ1v) is 15.0. The van der Waals surface area contributed by atoms with Gasteiger partial charge in [-0.3, -0.25) is 4.57 Å². The van der Waals surface area contributed by atoms with E-state index in [0.29, 0.717) is 28.8 Å². The van der Waals surface area contributed by atoms with Crippen LogP contribution in [0, 0.1) is 13.8 Å². The zero-order valence-corrected chi connectivity index (χ0v) is 25.7. The number of benzene rings is 3. The summed E-state index contributed by atoms with van der Waals surface area (Å²) in [5.74, 6) is 0.584. The zero-order valence-electron chi connectivity index (χ0n) is 24.1. The Labute approximate surface area is 257 Å².